The number of carbonyl (C=O) groups is 1. The van der Waals surface area contributed by atoms with E-state index in [0.717, 1.165) is 32.9 Å². The lowest BCUT2D eigenvalue weighted by Crippen LogP contribution is -2.33. The van der Waals surface area contributed by atoms with E-state index in [9.17, 15) is 19.7 Å². The van der Waals surface area contributed by atoms with Crippen molar-refractivity contribution in [1.82, 2.24) is 9.88 Å². The predicted molar refractivity (Wildman–Crippen MR) is 88.1 cm³/mol. The molecule has 1 N–H and O–H groups in total. The predicted octanol–water partition coefficient (Wildman–Crippen LogP) is 2.40. The van der Waals surface area contributed by atoms with Gasteiger partial charge < -0.3 is 5.32 Å². The maximum absolute atomic E-state index is 12.0. The molecule has 1 heterocycles. The summed E-state index contributed by atoms with van der Waals surface area (Å²) >= 11 is 3.34. The molecular weight excluding hydrogens is 366 g/mol. The summed E-state index contributed by atoms with van der Waals surface area (Å²) in [7, 11) is 0. The first-order valence-electron chi connectivity index (χ1n) is 6.76. The Bertz CT molecular complexity index is 786. The molecular formula is C15H14BrN3O4. The second kappa shape index (κ2) is 7.19. The number of rotatable bonds is 5. The van der Waals surface area contributed by atoms with E-state index in [0.29, 0.717) is 0 Å². The van der Waals surface area contributed by atoms with Crippen LogP contribution in [0.5, 0.6) is 0 Å². The quantitative estimate of drug-likeness (QED) is 0.637. The van der Waals surface area contributed by atoms with E-state index in [1.54, 1.807) is 0 Å². The van der Waals surface area contributed by atoms with Gasteiger partial charge in [0.25, 0.3) is 11.2 Å². The van der Waals surface area contributed by atoms with Crippen LogP contribution in [0, 0.1) is 10.1 Å². The largest absolute Gasteiger partial charge is 0.348 e. The van der Waals surface area contributed by atoms with Gasteiger partial charge in [0, 0.05) is 16.6 Å². The lowest BCUT2D eigenvalue weighted by Gasteiger charge is -2.15. The molecule has 120 valence electrons. The molecule has 1 aromatic carbocycles. The Morgan fingerprint density at radius 1 is 1.30 bits per heavy atom. The number of hydrogen-bond donors (Lipinski definition) is 1. The maximum Gasteiger partial charge on any atom is 0.285 e. The Morgan fingerprint density at radius 3 is 2.57 bits per heavy atom. The van der Waals surface area contributed by atoms with Crippen LogP contribution in [0.4, 0.5) is 5.69 Å². The van der Waals surface area contributed by atoms with Gasteiger partial charge in [0.15, 0.2) is 0 Å². The normalized spacial score (nSPS) is 11.7. The topological polar surface area (TPSA) is 94.2 Å². The van der Waals surface area contributed by atoms with Crippen LogP contribution >= 0.6 is 15.9 Å². The number of benzene rings is 1. The zero-order valence-electron chi connectivity index (χ0n) is 12.2. The van der Waals surface area contributed by atoms with Crippen molar-refractivity contribution in [3.63, 3.8) is 0 Å². The van der Waals surface area contributed by atoms with Crippen molar-refractivity contribution >= 4 is 27.5 Å². The van der Waals surface area contributed by atoms with Gasteiger partial charge >= 0.3 is 0 Å². The van der Waals surface area contributed by atoms with Crippen molar-refractivity contribution in [3.05, 3.63) is 73.1 Å². The van der Waals surface area contributed by atoms with E-state index in [-0.39, 0.29) is 18.3 Å². The summed E-state index contributed by atoms with van der Waals surface area (Å²) in [5.41, 5.74) is 0.202. The third-order valence-corrected chi connectivity index (χ3v) is 3.77. The first-order chi connectivity index (χ1) is 10.9. The standard InChI is InChI=1S/C15H14BrN3O4/c1-10(11-2-4-12(16)5-3-11)17-14(20)9-18-8-13(19(22)23)6-7-15(18)21/h2-8,10H,9H2,1H3,(H,17,20)/t10-/m1/s1. The van der Waals surface area contributed by atoms with Gasteiger partial charge in [-0.25, -0.2) is 0 Å². The SMILES string of the molecule is C[C@@H](NC(=O)Cn1cc([N+](=O)[O-])ccc1=O)c1ccc(Br)cc1. The van der Waals surface area contributed by atoms with Gasteiger partial charge in [-0.05, 0) is 24.6 Å². The second-order valence-electron chi connectivity index (χ2n) is 4.95. The molecule has 0 spiro atoms. The van der Waals surface area contributed by atoms with E-state index in [1.165, 1.54) is 0 Å². The van der Waals surface area contributed by atoms with Gasteiger partial charge in [-0.3, -0.25) is 24.3 Å². The molecule has 1 amide bonds. The van der Waals surface area contributed by atoms with Crippen molar-refractivity contribution in [2.45, 2.75) is 19.5 Å². The molecule has 0 fully saturated rings. The average Bonchev–Trinajstić information content (AvgIpc) is 2.49. The van der Waals surface area contributed by atoms with Crippen LogP contribution in [0.3, 0.4) is 0 Å². The number of pyridine rings is 1. The number of carbonyl (C=O) groups excluding carboxylic acids is 1. The summed E-state index contributed by atoms with van der Waals surface area (Å²) < 4.78 is 1.95. The fourth-order valence-corrected chi connectivity index (χ4v) is 2.29. The summed E-state index contributed by atoms with van der Waals surface area (Å²) in [4.78, 5) is 33.8. The molecule has 1 aromatic heterocycles. The Morgan fingerprint density at radius 2 is 1.96 bits per heavy atom. The van der Waals surface area contributed by atoms with Crippen LogP contribution in [0.2, 0.25) is 0 Å². The fraction of sp³-hybridized carbons (Fsp3) is 0.200. The molecule has 0 radical (unpaired) electrons. The van der Waals surface area contributed by atoms with E-state index >= 15 is 0 Å². The molecule has 0 unspecified atom stereocenters. The van der Waals surface area contributed by atoms with Gasteiger partial charge in [-0.2, -0.15) is 0 Å². The molecule has 2 aromatic rings. The summed E-state index contributed by atoms with van der Waals surface area (Å²) in [6.07, 6.45) is 1.06. The van der Waals surface area contributed by atoms with E-state index in [4.69, 9.17) is 0 Å². The number of amides is 1. The van der Waals surface area contributed by atoms with Gasteiger partial charge in [-0.1, -0.05) is 28.1 Å². The molecule has 8 heteroatoms. The third-order valence-electron chi connectivity index (χ3n) is 3.24. The third kappa shape index (κ3) is 4.49. The van der Waals surface area contributed by atoms with Gasteiger partial charge in [-0.15, -0.1) is 0 Å². The number of halogens is 1. The number of nitrogens with one attached hydrogen (secondary N) is 1. The second-order valence-corrected chi connectivity index (χ2v) is 5.87. The van der Waals surface area contributed by atoms with Crippen molar-refractivity contribution in [1.29, 1.82) is 0 Å². The monoisotopic (exact) mass is 379 g/mol. The molecule has 0 bridgehead atoms. The zero-order valence-corrected chi connectivity index (χ0v) is 13.8. The van der Waals surface area contributed by atoms with Crippen molar-refractivity contribution in [3.8, 4) is 0 Å². The van der Waals surface area contributed by atoms with Crippen LogP contribution in [-0.4, -0.2) is 15.4 Å². The number of aromatic nitrogens is 1. The fourth-order valence-electron chi connectivity index (χ4n) is 2.03. The minimum atomic E-state index is -0.613. The smallest absolute Gasteiger partial charge is 0.285 e. The first kappa shape index (κ1) is 16.9. The van der Waals surface area contributed by atoms with Crippen LogP contribution in [0.25, 0.3) is 0 Å². The Balaban J connectivity index is 2.07. The molecule has 0 aliphatic rings. The van der Waals surface area contributed by atoms with Gasteiger partial charge in [0.05, 0.1) is 17.2 Å². The highest BCUT2D eigenvalue weighted by Crippen LogP contribution is 2.16. The van der Waals surface area contributed by atoms with Crippen LogP contribution in [-0.2, 0) is 11.3 Å². The zero-order chi connectivity index (χ0) is 17.0. The van der Waals surface area contributed by atoms with E-state index in [2.05, 4.69) is 21.2 Å². The highest BCUT2D eigenvalue weighted by atomic mass is 79.9. The van der Waals surface area contributed by atoms with Crippen LogP contribution in [0.1, 0.15) is 18.5 Å². The molecule has 0 saturated carbocycles. The Hall–Kier alpha value is -2.48. The first-order valence-corrected chi connectivity index (χ1v) is 7.56. The van der Waals surface area contributed by atoms with Gasteiger partial charge in [0.1, 0.15) is 6.54 Å². The van der Waals surface area contributed by atoms with E-state index < -0.39 is 16.4 Å². The summed E-state index contributed by atoms with van der Waals surface area (Å²) in [6.45, 7) is 1.54. The number of hydrogen-bond acceptors (Lipinski definition) is 4. The minimum Gasteiger partial charge on any atom is -0.348 e. The van der Waals surface area contributed by atoms with Crippen molar-refractivity contribution in [2.24, 2.45) is 0 Å². The average molecular weight is 380 g/mol. The molecule has 0 saturated heterocycles. The minimum absolute atomic E-state index is 0.238. The maximum atomic E-state index is 12.0. The molecule has 2 rings (SSSR count). The molecule has 0 aliphatic heterocycles. The van der Waals surface area contributed by atoms with Crippen molar-refractivity contribution in [2.75, 3.05) is 0 Å². The van der Waals surface area contributed by atoms with Crippen LogP contribution < -0.4 is 10.9 Å². The number of nitrogens with zero attached hydrogens (tertiary/aromatic N) is 2. The lowest BCUT2D eigenvalue weighted by molar-refractivity contribution is -0.385. The summed E-state index contributed by atoms with van der Waals surface area (Å²) in [6, 6.07) is 9.41. The summed E-state index contributed by atoms with van der Waals surface area (Å²) in [5.74, 6) is -0.400. The van der Waals surface area contributed by atoms with E-state index in [1.807, 2.05) is 31.2 Å². The highest BCUT2D eigenvalue weighted by molar-refractivity contribution is 9.10. The molecule has 7 nitrogen and oxygen atoms in total. The molecule has 1 atom stereocenters. The lowest BCUT2D eigenvalue weighted by atomic mass is 10.1. The summed E-state index contributed by atoms with van der Waals surface area (Å²) in [5, 5.41) is 13.5. The Labute approximate surface area is 140 Å². The van der Waals surface area contributed by atoms with Crippen LogP contribution in [0.15, 0.2) is 51.9 Å². The number of nitro groups is 1. The van der Waals surface area contributed by atoms with Crippen molar-refractivity contribution < 1.29 is 9.72 Å². The Kier molecular flexibility index (Phi) is 5.28. The van der Waals surface area contributed by atoms with Gasteiger partial charge in [0.2, 0.25) is 5.91 Å². The molecule has 0 aliphatic carbocycles. The molecule has 23 heavy (non-hydrogen) atoms. The highest BCUT2D eigenvalue weighted by Gasteiger charge is 2.13.